The molecule has 172 valence electrons. The monoisotopic (exact) mass is 484 g/mol. The summed E-state index contributed by atoms with van der Waals surface area (Å²) in [7, 11) is 1.57. The van der Waals surface area contributed by atoms with Gasteiger partial charge in [-0.1, -0.05) is 77.8 Å². The molecule has 0 aliphatic heterocycles. The van der Waals surface area contributed by atoms with Crippen molar-refractivity contribution in [1.82, 2.24) is 10.2 Å². The van der Waals surface area contributed by atoms with Crippen LogP contribution in [0.5, 0.6) is 5.75 Å². The fraction of sp³-hybridized carbons (Fsp3) is 0.231. The van der Waals surface area contributed by atoms with E-state index in [-0.39, 0.29) is 25.0 Å². The lowest BCUT2D eigenvalue weighted by Crippen LogP contribution is -2.51. The molecule has 1 atom stereocenters. The van der Waals surface area contributed by atoms with Gasteiger partial charge in [-0.3, -0.25) is 9.59 Å². The van der Waals surface area contributed by atoms with E-state index < -0.39 is 6.04 Å². The fourth-order valence-electron chi connectivity index (χ4n) is 3.51. The molecule has 0 bridgehead atoms. The molecule has 0 spiro atoms. The van der Waals surface area contributed by atoms with E-state index in [9.17, 15) is 9.59 Å². The van der Waals surface area contributed by atoms with Gasteiger partial charge in [0.05, 0.1) is 5.02 Å². The van der Waals surface area contributed by atoms with Crippen molar-refractivity contribution in [2.24, 2.45) is 0 Å². The molecule has 5 nitrogen and oxygen atoms in total. The second-order valence-electron chi connectivity index (χ2n) is 7.63. The van der Waals surface area contributed by atoms with Crippen LogP contribution in [0, 0.1) is 6.92 Å². The Morgan fingerprint density at radius 2 is 1.70 bits per heavy atom. The second kappa shape index (κ2) is 11.7. The Morgan fingerprint density at radius 1 is 1.00 bits per heavy atom. The first-order chi connectivity index (χ1) is 15.9. The van der Waals surface area contributed by atoms with Gasteiger partial charge in [0, 0.05) is 25.0 Å². The van der Waals surface area contributed by atoms with Crippen molar-refractivity contribution in [1.29, 1.82) is 0 Å². The van der Waals surface area contributed by atoms with Crippen LogP contribution in [0.1, 0.15) is 16.7 Å². The van der Waals surface area contributed by atoms with Crippen molar-refractivity contribution in [3.8, 4) is 5.75 Å². The van der Waals surface area contributed by atoms with Crippen molar-refractivity contribution >= 4 is 35.0 Å². The molecule has 3 aromatic carbocycles. The summed E-state index contributed by atoms with van der Waals surface area (Å²) in [6.45, 7) is 1.98. The van der Waals surface area contributed by atoms with Crippen molar-refractivity contribution in [3.63, 3.8) is 0 Å². The lowest BCUT2D eigenvalue weighted by molar-refractivity contribution is -0.142. The number of hydrogen-bond acceptors (Lipinski definition) is 3. The molecule has 33 heavy (non-hydrogen) atoms. The first kappa shape index (κ1) is 24.6. The van der Waals surface area contributed by atoms with Gasteiger partial charge in [-0.2, -0.15) is 0 Å². The number of halogens is 2. The summed E-state index contributed by atoms with van der Waals surface area (Å²) in [5.74, 6) is -0.219. The summed E-state index contributed by atoms with van der Waals surface area (Å²) in [6.07, 6.45) is 0.375. The maximum absolute atomic E-state index is 13.4. The second-order valence-corrected chi connectivity index (χ2v) is 8.47. The molecule has 0 aliphatic carbocycles. The highest BCUT2D eigenvalue weighted by Gasteiger charge is 2.30. The van der Waals surface area contributed by atoms with Gasteiger partial charge < -0.3 is 15.0 Å². The number of benzene rings is 3. The third-order valence-electron chi connectivity index (χ3n) is 5.36. The number of aryl methyl sites for hydroxylation is 1. The lowest BCUT2D eigenvalue weighted by Gasteiger charge is -2.31. The predicted molar refractivity (Wildman–Crippen MR) is 132 cm³/mol. The minimum Gasteiger partial charge on any atom is -0.482 e. The number of carbonyl (C=O) groups is 2. The number of likely N-dealkylation sites (N-methyl/N-ethyl adjacent to an activating group) is 1. The molecule has 0 heterocycles. The van der Waals surface area contributed by atoms with Crippen molar-refractivity contribution in [2.45, 2.75) is 25.9 Å². The van der Waals surface area contributed by atoms with Crippen LogP contribution in [0.3, 0.4) is 0 Å². The third kappa shape index (κ3) is 6.73. The van der Waals surface area contributed by atoms with E-state index in [4.69, 9.17) is 27.9 Å². The average Bonchev–Trinajstić information content (AvgIpc) is 2.82. The number of carbonyl (C=O) groups excluding carboxylic acids is 2. The van der Waals surface area contributed by atoms with Gasteiger partial charge in [0.1, 0.15) is 11.8 Å². The first-order valence-electron chi connectivity index (χ1n) is 10.6. The van der Waals surface area contributed by atoms with Crippen molar-refractivity contribution < 1.29 is 14.3 Å². The van der Waals surface area contributed by atoms with E-state index in [0.717, 1.165) is 16.7 Å². The topological polar surface area (TPSA) is 58.6 Å². The highest BCUT2D eigenvalue weighted by molar-refractivity contribution is 6.35. The molecule has 1 N–H and O–H groups in total. The molecule has 3 rings (SSSR count). The Morgan fingerprint density at radius 3 is 2.36 bits per heavy atom. The lowest BCUT2D eigenvalue weighted by atomic mass is 10.0. The average molecular weight is 485 g/mol. The molecule has 0 unspecified atom stereocenters. The molecule has 0 saturated heterocycles. The number of hydrogen-bond donors (Lipinski definition) is 1. The molecular formula is C26H26Cl2N2O3. The van der Waals surface area contributed by atoms with E-state index >= 15 is 0 Å². The van der Waals surface area contributed by atoms with Gasteiger partial charge in [0.25, 0.3) is 5.91 Å². The SMILES string of the molecule is CNC(=O)[C@H](Cc1ccccc1)N(Cc1ccccc1C)C(=O)COc1ccc(Cl)cc1Cl. The summed E-state index contributed by atoms with van der Waals surface area (Å²) in [6, 6.07) is 21.5. The highest BCUT2D eigenvalue weighted by Crippen LogP contribution is 2.27. The van der Waals surface area contributed by atoms with E-state index in [1.54, 1.807) is 30.1 Å². The van der Waals surface area contributed by atoms with E-state index in [1.165, 1.54) is 0 Å². The van der Waals surface area contributed by atoms with E-state index in [1.807, 2.05) is 61.5 Å². The van der Waals surface area contributed by atoms with Crippen LogP contribution in [0.4, 0.5) is 0 Å². The minimum atomic E-state index is -0.714. The maximum Gasteiger partial charge on any atom is 0.261 e. The first-order valence-corrected chi connectivity index (χ1v) is 11.3. The van der Waals surface area contributed by atoms with Gasteiger partial charge in [-0.25, -0.2) is 0 Å². The quantitative estimate of drug-likeness (QED) is 0.461. The van der Waals surface area contributed by atoms with Crippen LogP contribution in [0.25, 0.3) is 0 Å². The predicted octanol–water partition coefficient (Wildman–Crippen LogP) is 5.07. The zero-order valence-corrected chi connectivity index (χ0v) is 20.1. The molecule has 0 aliphatic rings. The van der Waals surface area contributed by atoms with Gasteiger partial charge in [-0.05, 0) is 41.8 Å². The van der Waals surface area contributed by atoms with Crippen LogP contribution >= 0.6 is 23.2 Å². The fourth-order valence-corrected chi connectivity index (χ4v) is 3.97. The molecule has 0 saturated carbocycles. The molecule has 0 fully saturated rings. The Hall–Kier alpha value is -3.02. The third-order valence-corrected chi connectivity index (χ3v) is 5.89. The summed E-state index contributed by atoms with van der Waals surface area (Å²) in [4.78, 5) is 27.9. The summed E-state index contributed by atoms with van der Waals surface area (Å²) in [5.41, 5.74) is 2.94. The smallest absolute Gasteiger partial charge is 0.261 e. The van der Waals surface area contributed by atoms with Crippen LogP contribution in [0.2, 0.25) is 10.0 Å². The highest BCUT2D eigenvalue weighted by atomic mass is 35.5. The van der Waals surface area contributed by atoms with Gasteiger partial charge in [0.15, 0.2) is 6.61 Å². The molecule has 0 radical (unpaired) electrons. The number of nitrogens with zero attached hydrogens (tertiary/aromatic N) is 1. The summed E-state index contributed by atoms with van der Waals surface area (Å²) < 4.78 is 5.70. The Labute approximate surface area is 204 Å². The minimum absolute atomic E-state index is 0.245. The number of amides is 2. The molecule has 0 aromatic heterocycles. The zero-order chi connectivity index (χ0) is 23.8. The Balaban J connectivity index is 1.89. The number of nitrogens with one attached hydrogen (secondary N) is 1. The van der Waals surface area contributed by atoms with Gasteiger partial charge >= 0.3 is 0 Å². The molecular weight excluding hydrogens is 459 g/mol. The van der Waals surface area contributed by atoms with Crippen LogP contribution < -0.4 is 10.1 Å². The normalized spacial score (nSPS) is 11.5. The molecule has 2 amide bonds. The van der Waals surface area contributed by atoms with Gasteiger partial charge in [-0.15, -0.1) is 0 Å². The zero-order valence-electron chi connectivity index (χ0n) is 18.6. The standard InChI is InChI=1S/C26H26Cl2N2O3/c1-18-8-6-7-11-20(18)16-30(23(26(32)29-2)14-19-9-4-3-5-10-19)25(31)17-33-24-13-12-21(27)15-22(24)28/h3-13,15,23H,14,16-17H2,1-2H3,(H,29,32)/t23-/m0/s1. The van der Waals surface area contributed by atoms with Crippen LogP contribution in [-0.4, -0.2) is 36.4 Å². The molecule has 7 heteroatoms. The van der Waals surface area contributed by atoms with E-state index in [2.05, 4.69) is 5.32 Å². The van der Waals surface area contributed by atoms with Crippen LogP contribution in [0.15, 0.2) is 72.8 Å². The van der Waals surface area contributed by atoms with Gasteiger partial charge in [0.2, 0.25) is 5.91 Å². The summed E-state index contributed by atoms with van der Waals surface area (Å²) >= 11 is 12.1. The number of rotatable bonds is 9. The van der Waals surface area contributed by atoms with E-state index in [0.29, 0.717) is 22.2 Å². The largest absolute Gasteiger partial charge is 0.482 e. The Kier molecular flexibility index (Phi) is 8.75. The Bertz CT molecular complexity index is 1110. The number of ether oxygens (including phenoxy) is 1. The van der Waals surface area contributed by atoms with Crippen LogP contribution in [-0.2, 0) is 22.6 Å². The van der Waals surface area contributed by atoms with Crippen molar-refractivity contribution in [2.75, 3.05) is 13.7 Å². The van der Waals surface area contributed by atoms with Crippen molar-refractivity contribution in [3.05, 3.63) is 99.5 Å². The maximum atomic E-state index is 13.4. The summed E-state index contributed by atoms with van der Waals surface area (Å²) in [5, 5.41) is 3.49. The molecule has 3 aromatic rings.